The molecule has 0 aromatic heterocycles. The van der Waals surface area contributed by atoms with Crippen LogP contribution in [0.25, 0.3) is 0 Å². The van der Waals surface area contributed by atoms with Crippen molar-refractivity contribution in [3.8, 4) is 0 Å². The SMILES string of the molecule is CNCC1C2CN(C(=O)C(O)(c3ccccc3)C3CCCC3)CC12. The maximum absolute atomic E-state index is 13.3. The van der Waals surface area contributed by atoms with Crippen molar-refractivity contribution < 1.29 is 9.90 Å². The van der Waals surface area contributed by atoms with Crippen LogP contribution in [-0.2, 0) is 10.4 Å². The Labute approximate surface area is 144 Å². The van der Waals surface area contributed by atoms with E-state index in [0.29, 0.717) is 11.8 Å². The average Bonchev–Trinajstić information content (AvgIpc) is 3.07. The number of hydrogen-bond donors (Lipinski definition) is 2. The summed E-state index contributed by atoms with van der Waals surface area (Å²) in [4.78, 5) is 15.3. The van der Waals surface area contributed by atoms with Crippen molar-refractivity contribution in [1.29, 1.82) is 0 Å². The molecule has 2 aliphatic carbocycles. The molecule has 1 aromatic rings. The number of benzene rings is 1. The second-order valence-corrected chi connectivity index (χ2v) is 7.87. The Balaban J connectivity index is 1.55. The predicted molar refractivity (Wildman–Crippen MR) is 93.3 cm³/mol. The van der Waals surface area contributed by atoms with E-state index in [4.69, 9.17) is 0 Å². The third-order valence-electron chi connectivity index (χ3n) is 6.58. The van der Waals surface area contributed by atoms with Gasteiger partial charge in [-0.3, -0.25) is 4.79 Å². The average molecular weight is 328 g/mol. The van der Waals surface area contributed by atoms with Crippen LogP contribution >= 0.6 is 0 Å². The molecule has 4 rings (SSSR count). The van der Waals surface area contributed by atoms with E-state index in [1.165, 1.54) is 0 Å². The van der Waals surface area contributed by atoms with E-state index in [1.807, 2.05) is 42.3 Å². The zero-order chi connectivity index (χ0) is 16.7. The van der Waals surface area contributed by atoms with E-state index >= 15 is 0 Å². The number of carbonyl (C=O) groups excluding carboxylic acids is 1. The fourth-order valence-corrected chi connectivity index (χ4v) is 5.16. The van der Waals surface area contributed by atoms with Crippen molar-refractivity contribution in [2.45, 2.75) is 31.3 Å². The summed E-state index contributed by atoms with van der Waals surface area (Å²) in [5.41, 5.74) is -0.568. The molecule has 1 heterocycles. The molecule has 1 saturated heterocycles. The zero-order valence-electron chi connectivity index (χ0n) is 14.4. The molecular weight excluding hydrogens is 300 g/mol. The van der Waals surface area contributed by atoms with Gasteiger partial charge in [-0.2, -0.15) is 0 Å². The van der Waals surface area contributed by atoms with Crippen LogP contribution < -0.4 is 5.32 Å². The number of likely N-dealkylation sites (tertiary alicyclic amines) is 1. The summed E-state index contributed by atoms with van der Waals surface area (Å²) in [6.07, 6.45) is 4.12. The smallest absolute Gasteiger partial charge is 0.259 e. The number of carbonyl (C=O) groups is 1. The zero-order valence-corrected chi connectivity index (χ0v) is 14.4. The van der Waals surface area contributed by atoms with Crippen LogP contribution in [0.4, 0.5) is 0 Å². The number of piperidine rings is 1. The van der Waals surface area contributed by atoms with E-state index in [9.17, 15) is 9.90 Å². The standard InChI is InChI=1S/C20H28N2O2/c1-21-11-16-17-12-22(13-18(16)17)19(23)20(24,15-9-5-6-10-15)14-7-3-2-4-8-14/h2-4,7-8,15-18,21,24H,5-6,9-13H2,1H3. The van der Waals surface area contributed by atoms with Crippen molar-refractivity contribution in [3.63, 3.8) is 0 Å². The summed E-state index contributed by atoms with van der Waals surface area (Å²) in [5, 5.41) is 14.8. The molecule has 2 N–H and O–H groups in total. The molecule has 1 amide bonds. The van der Waals surface area contributed by atoms with Gasteiger partial charge < -0.3 is 15.3 Å². The van der Waals surface area contributed by atoms with Gasteiger partial charge in [0, 0.05) is 19.0 Å². The first kappa shape index (κ1) is 16.1. The molecule has 130 valence electrons. The lowest BCUT2D eigenvalue weighted by molar-refractivity contribution is -0.159. The summed E-state index contributed by atoms with van der Waals surface area (Å²) in [6.45, 7) is 2.68. The minimum atomic E-state index is -1.34. The third-order valence-corrected chi connectivity index (χ3v) is 6.58. The predicted octanol–water partition coefficient (Wildman–Crippen LogP) is 1.99. The van der Waals surface area contributed by atoms with Crippen LogP contribution in [0.2, 0.25) is 0 Å². The Morgan fingerprint density at radius 2 is 1.83 bits per heavy atom. The fraction of sp³-hybridized carbons (Fsp3) is 0.650. The molecule has 0 bridgehead atoms. The van der Waals surface area contributed by atoms with Gasteiger partial charge in [0.25, 0.3) is 5.91 Å². The lowest BCUT2D eigenvalue weighted by Gasteiger charge is -2.37. The Morgan fingerprint density at radius 1 is 1.21 bits per heavy atom. The van der Waals surface area contributed by atoms with Gasteiger partial charge in [0.2, 0.25) is 0 Å². The van der Waals surface area contributed by atoms with Crippen LogP contribution in [-0.4, -0.2) is 42.6 Å². The van der Waals surface area contributed by atoms with Crippen LogP contribution in [0, 0.1) is 23.7 Å². The number of amides is 1. The Kier molecular flexibility index (Phi) is 4.13. The number of nitrogens with one attached hydrogen (secondary N) is 1. The molecule has 3 atom stereocenters. The topological polar surface area (TPSA) is 52.6 Å². The molecule has 3 fully saturated rings. The van der Waals surface area contributed by atoms with E-state index in [2.05, 4.69) is 5.32 Å². The molecule has 0 spiro atoms. The van der Waals surface area contributed by atoms with Gasteiger partial charge in [-0.15, -0.1) is 0 Å². The largest absolute Gasteiger partial charge is 0.375 e. The first-order valence-electron chi connectivity index (χ1n) is 9.38. The maximum atomic E-state index is 13.3. The first-order valence-corrected chi connectivity index (χ1v) is 9.38. The van der Waals surface area contributed by atoms with Crippen molar-refractivity contribution in [1.82, 2.24) is 10.2 Å². The third kappa shape index (κ3) is 2.47. The molecule has 3 unspecified atom stereocenters. The summed E-state index contributed by atoms with van der Waals surface area (Å²) in [7, 11) is 1.99. The number of aliphatic hydroxyl groups is 1. The van der Waals surface area contributed by atoms with Gasteiger partial charge in [-0.05, 0) is 49.8 Å². The Hall–Kier alpha value is -1.39. The number of fused-ring (bicyclic) bond motifs is 1. The van der Waals surface area contributed by atoms with Crippen molar-refractivity contribution >= 4 is 5.91 Å². The monoisotopic (exact) mass is 328 g/mol. The lowest BCUT2D eigenvalue weighted by Crippen LogP contribution is -2.51. The van der Waals surface area contributed by atoms with Crippen LogP contribution in [0.1, 0.15) is 31.2 Å². The van der Waals surface area contributed by atoms with Gasteiger partial charge >= 0.3 is 0 Å². The highest BCUT2D eigenvalue weighted by Gasteiger charge is 2.58. The molecule has 1 aromatic carbocycles. The van der Waals surface area contributed by atoms with E-state index in [0.717, 1.165) is 56.8 Å². The van der Waals surface area contributed by atoms with Gasteiger partial charge in [0.05, 0.1) is 0 Å². The van der Waals surface area contributed by atoms with Crippen LogP contribution in [0.15, 0.2) is 30.3 Å². The second-order valence-electron chi connectivity index (χ2n) is 7.87. The number of hydrogen-bond acceptors (Lipinski definition) is 3. The highest BCUT2D eigenvalue weighted by atomic mass is 16.3. The number of rotatable bonds is 5. The number of nitrogens with zero attached hydrogens (tertiary/aromatic N) is 1. The summed E-state index contributed by atoms with van der Waals surface area (Å²) in [5.74, 6) is 1.97. The molecule has 24 heavy (non-hydrogen) atoms. The van der Waals surface area contributed by atoms with Crippen molar-refractivity contribution in [2.75, 3.05) is 26.7 Å². The van der Waals surface area contributed by atoms with Crippen molar-refractivity contribution in [2.24, 2.45) is 23.7 Å². The molecular formula is C20H28N2O2. The highest BCUT2D eigenvalue weighted by molar-refractivity contribution is 5.87. The summed E-state index contributed by atoms with van der Waals surface area (Å²) < 4.78 is 0. The second kappa shape index (κ2) is 6.16. The van der Waals surface area contributed by atoms with Gasteiger partial charge in [0.1, 0.15) is 0 Å². The minimum absolute atomic E-state index is 0.0532. The first-order chi connectivity index (χ1) is 11.7. The molecule has 0 radical (unpaired) electrons. The van der Waals surface area contributed by atoms with Gasteiger partial charge in [-0.1, -0.05) is 43.2 Å². The van der Waals surface area contributed by atoms with Gasteiger partial charge in [-0.25, -0.2) is 0 Å². The molecule has 4 nitrogen and oxygen atoms in total. The van der Waals surface area contributed by atoms with E-state index in [-0.39, 0.29) is 11.8 Å². The Bertz CT molecular complexity index is 587. The molecule has 1 aliphatic heterocycles. The van der Waals surface area contributed by atoms with E-state index in [1.54, 1.807) is 0 Å². The van der Waals surface area contributed by atoms with Gasteiger partial charge in [0.15, 0.2) is 5.60 Å². The normalized spacial score (nSPS) is 31.8. The highest BCUT2D eigenvalue weighted by Crippen LogP contribution is 2.52. The molecule has 4 heteroatoms. The maximum Gasteiger partial charge on any atom is 0.259 e. The van der Waals surface area contributed by atoms with Crippen LogP contribution in [0.3, 0.4) is 0 Å². The minimum Gasteiger partial charge on any atom is -0.375 e. The Morgan fingerprint density at radius 3 is 2.42 bits per heavy atom. The quantitative estimate of drug-likeness (QED) is 0.869. The molecule has 2 saturated carbocycles. The lowest BCUT2D eigenvalue weighted by atomic mass is 9.79. The summed E-state index contributed by atoms with van der Waals surface area (Å²) in [6, 6.07) is 9.62. The molecule has 3 aliphatic rings. The van der Waals surface area contributed by atoms with E-state index < -0.39 is 5.60 Å². The fourth-order valence-electron chi connectivity index (χ4n) is 5.16. The van der Waals surface area contributed by atoms with Crippen molar-refractivity contribution in [3.05, 3.63) is 35.9 Å². The summed E-state index contributed by atoms with van der Waals surface area (Å²) >= 11 is 0. The van der Waals surface area contributed by atoms with Crippen LogP contribution in [0.5, 0.6) is 0 Å².